The van der Waals surface area contributed by atoms with Crippen molar-refractivity contribution in [3.63, 3.8) is 0 Å². The molecular formula is C18H13ClF3N3O2S. The quantitative estimate of drug-likeness (QED) is 0.542. The second kappa shape index (κ2) is 8.24. The lowest BCUT2D eigenvalue weighted by molar-refractivity contribution is -0.137. The smallest absolute Gasteiger partial charge is 0.411 e. The van der Waals surface area contributed by atoms with Gasteiger partial charge in [-0.25, -0.2) is 0 Å². The highest BCUT2D eigenvalue weighted by Crippen LogP contribution is 2.36. The fourth-order valence-electron chi connectivity index (χ4n) is 2.22. The normalized spacial score (nSPS) is 12.6. The zero-order chi connectivity index (χ0) is 20.3. The Morgan fingerprint density at radius 2 is 1.89 bits per heavy atom. The van der Waals surface area contributed by atoms with E-state index in [1.807, 2.05) is 18.2 Å². The van der Waals surface area contributed by atoms with E-state index < -0.39 is 27.9 Å². The van der Waals surface area contributed by atoms with Crippen molar-refractivity contribution in [1.29, 1.82) is 0 Å². The topological polar surface area (TPSA) is 68.0 Å². The molecule has 1 heterocycles. The number of halogens is 4. The van der Waals surface area contributed by atoms with Crippen LogP contribution in [0, 0.1) is 0 Å². The Morgan fingerprint density at radius 3 is 2.57 bits per heavy atom. The van der Waals surface area contributed by atoms with Crippen LogP contribution in [0.4, 0.5) is 18.9 Å². The number of benzene rings is 2. The first kappa shape index (κ1) is 20.2. The van der Waals surface area contributed by atoms with Gasteiger partial charge in [-0.3, -0.25) is 4.79 Å². The molecule has 1 amide bonds. The van der Waals surface area contributed by atoms with Crippen LogP contribution in [0.15, 0.2) is 58.2 Å². The lowest BCUT2D eigenvalue weighted by Crippen LogP contribution is -2.22. The van der Waals surface area contributed by atoms with Gasteiger partial charge in [0.05, 0.1) is 15.8 Å². The highest BCUT2D eigenvalue weighted by Gasteiger charge is 2.33. The Bertz CT molecular complexity index is 980. The molecule has 0 aliphatic carbocycles. The molecule has 0 bridgehead atoms. The third kappa shape index (κ3) is 4.85. The number of aromatic nitrogens is 2. The number of hydrogen-bond acceptors (Lipinski definition) is 5. The van der Waals surface area contributed by atoms with Crippen LogP contribution in [-0.2, 0) is 11.0 Å². The molecule has 3 aromatic rings. The molecule has 0 radical (unpaired) electrons. The average molecular weight is 428 g/mol. The Labute approximate surface area is 167 Å². The standard InChI is InChI=1S/C18H13ClF3N3O2S/c1-10(28-17-25-24-16(27-17)11-5-3-2-4-6-11)15(26)23-12-7-8-14(19)13(9-12)18(20,21)22/h2-10H,1H3,(H,23,26). The average Bonchev–Trinajstić information content (AvgIpc) is 3.11. The van der Waals surface area contributed by atoms with Gasteiger partial charge in [-0.05, 0) is 37.3 Å². The SMILES string of the molecule is CC(Sc1nnc(-c2ccccc2)o1)C(=O)Nc1ccc(Cl)c(C(F)(F)F)c1. The van der Waals surface area contributed by atoms with Crippen molar-refractivity contribution in [3.05, 3.63) is 59.1 Å². The summed E-state index contributed by atoms with van der Waals surface area (Å²) in [5.41, 5.74) is -0.291. The summed E-state index contributed by atoms with van der Waals surface area (Å²) in [7, 11) is 0. The highest BCUT2D eigenvalue weighted by molar-refractivity contribution is 8.00. The summed E-state index contributed by atoms with van der Waals surface area (Å²) < 4.78 is 44.3. The van der Waals surface area contributed by atoms with E-state index in [-0.39, 0.29) is 10.9 Å². The second-order valence-corrected chi connectivity index (χ2v) is 7.38. The monoisotopic (exact) mass is 427 g/mol. The maximum atomic E-state index is 12.9. The van der Waals surface area contributed by atoms with Gasteiger partial charge in [0.1, 0.15) is 0 Å². The lowest BCUT2D eigenvalue weighted by atomic mass is 10.2. The van der Waals surface area contributed by atoms with Crippen LogP contribution in [-0.4, -0.2) is 21.4 Å². The molecule has 0 saturated heterocycles. The Balaban J connectivity index is 1.67. The van der Waals surface area contributed by atoms with Crippen molar-refractivity contribution in [1.82, 2.24) is 10.2 Å². The molecule has 0 aliphatic heterocycles. The molecule has 0 aliphatic rings. The van der Waals surface area contributed by atoms with Crippen molar-refractivity contribution >= 4 is 35.0 Å². The number of alkyl halides is 3. The molecule has 1 N–H and O–H groups in total. The lowest BCUT2D eigenvalue weighted by Gasteiger charge is -2.13. The fourth-order valence-corrected chi connectivity index (χ4v) is 3.13. The van der Waals surface area contributed by atoms with Crippen molar-refractivity contribution < 1.29 is 22.4 Å². The summed E-state index contributed by atoms with van der Waals surface area (Å²) in [5.74, 6) is -0.205. The third-order valence-electron chi connectivity index (χ3n) is 3.61. The van der Waals surface area contributed by atoms with Crippen LogP contribution < -0.4 is 5.32 Å². The molecule has 3 rings (SSSR count). The number of hydrogen-bond donors (Lipinski definition) is 1. The Morgan fingerprint density at radius 1 is 1.18 bits per heavy atom. The number of thioether (sulfide) groups is 1. The van der Waals surface area contributed by atoms with E-state index in [4.69, 9.17) is 16.0 Å². The number of carbonyl (C=O) groups is 1. The molecule has 1 unspecified atom stereocenters. The van der Waals surface area contributed by atoms with Gasteiger partial charge in [-0.1, -0.05) is 41.6 Å². The van der Waals surface area contributed by atoms with E-state index in [9.17, 15) is 18.0 Å². The van der Waals surface area contributed by atoms with Crippen molar-refractivity contribution in [3.8, 4) is 11.5 Å². The molecule has 0 fully saturated rings. The summed E-state index contributed by atoms with van der Waals surface area (Å²) in [5, 5.41) is 9.29. The van der Waals surface area contributed by atoms with Gasteiger partial charge >= 0.3 is 6.18 Å². The summed E-state index contributed by atoms with van der Waals surface area (Å²) in [6.07, 6.45) is -4.62. The zero-order valence-electron chi connectivity index (χ0n) is 14.3. The predicted octanol–water partition coefficient (Wildman–Crippen LogP) is 5.53. The third-order valence-corrected chi connectivity index (χ3v) is 4.88. The van der Waals surface area contributed by atoms with Crippen LogP contribution >= 0.6 is 23.4 Å². The molecular weight excluding hydrogens is 415 g/mol. The van der Waals surface area contributed by atoms with Crippen LogP contribution in [0.3, 0.4) is 0 Å². The minimum Gasteiger partial charge on any atom is -0.411 e. The Hall–Kier alpha value is -2.52. The molecule has 146 valence electrons. The van der Waals surface area contributed by atoms with Gasteiger partial charge in [0.2, 0.25) is 11.8 Å². The van der Waals surface area contributed by atoms with E-state index in [2.05, 4.69) is 15.5 Å². The number of carbonyl (C=O) groups excluding carboxylic acids is 1. The molecule has 5 nitrogen and oxygen atoms in total. The number of rotatable bonds is 5. The zero-order valence-corrected chi connectivity index (χ0v) is 15.9. The molecule has 0 saturated carbocycles. The summed E-state index contributed by atoms with van der Waals surface area (Å²) in [6, 6.07) is 12.3. The number of anilines is 1. The van der Waals surface area contributed by atoms with Gasteiger partial charge in [-0.15, -0.1) is 10.2 Å². The minimum absolute atomic E-state index is 0.00956. The summed E-state index contributed by atoms with van der Waals surface area (Å²) in [4.78, 5) is 12.3. The maximum Gasteiger partial charge on any atom is 0.417 e. The van der Waals surface area contributed by atoms with E-state index in [0.29, 0.717) is 5.89 Å². The van der Waals surface area contributed by atoms with Gasteiger partial charge in [0, 0.05) is 11.3 Å². The Kier molecular flexibility index (Phi) is 5.95. The predicted molar refractivity (Wildman–Crippen MR) is 100 cm³/mol. The second-order valence-electron chi connectivity index (χ2n) is 5.68. The van der Waals surface area contributed by atoms with Gasteiger partial charge in [0.25, 0.3) is 5.22 Å². The van der Waals surface area contributed by atoms with Crippen molar-refractivity contribution in [2.24, 2.45) is 0 Å². The van der Waals surface area contributed by atoms with Gasteiger partial charge in [-0.2, -0.15) is 13.2 Å². The van der Waals surface area contributed by atoms with E-state index in [1.54, 1.807) is 19.1 Å². The number of nitrogens with one attached hydrogen (secondary N) is 1. The minimum atomic E-state index is -4.62. The molecule has 28 heavy (non-hydrogen) atoms. The maximum absolute atomic E-state index is 12.9. The van der Waals surface area contributed by atoms with Crippen LogP contribution in [0.1, 0.15) is 12.5 Å². The highest BCUT2D eigenvalue weighted by atomic mass is 35.5. The van der Waals surface area contributed by atoms with E-state index >= 15 is 0 Å². The van der Waals surface area contributed by atoms with Crippen LogP contribution in [0.2, 0.25) is 5.02 Å². The van der Waals surface area contributed by atoms with Crippen molar-refractivity contribution in [2.75, 3.05) is 5.32 Å². The van der Waals surface area contributed by atoms with Crippen LogP contribution in [0.25, 0.3) is 11.5 Å². The first-order valence-electron chi connectivity index (χ1n) is 7.97. The first-order chi connectivity index (χ1) is 13.2. The summed E-state index contributed by atoms with van der Waals surface area (Å²) in [6.45, 7) is 1.58. The van der Waals surface area contributed by atoms with Crippen molar-refractivity contribution in [2.45, 2.75) is 23.6 Å². The van der Waals surface area contributed by atoms with Gasteiger partial charge < -0.3 is 9.73 Å². The molecule has 1 aromatic heterocycles. The van der Waals surface area contributed by atoms with E-state index in [0.717, 1.165) is 29.5 Å². The largest absolute Gasteiger partial charge is 0.417 e. The molecule has 1 atom stereocenters. The molecule has 10 heteroatoms. The fraction of sp³-hybridized carbons (Fsp3) is 0.167. The molecule has 2 aromatic carbocycles. The molecule has 0 spiro atoms. The van der Waals surface area contributed by atoms with Gasteiger partial charge in [0.15, 0.2) is 0 Å². The summed E-state index contributed by atoms with van der Waals surface area (Å²) >= 11 is 6.57. The van der Waals surface area contributed by atoms with Crippen LogP contribution in [0.5, 0.6) is 0 Å². The number of nitrogens with zero attached hydrogens (tertiary/aromatic N) is 2. The number of amides is 1. The van der Waals surface area contributed by atoms with E-state index in [1.165, 1.54) is 6.07 Å². The first-order valence-corrected chi connectivity index (χ1v) is 9.23.